The number of hydrogen-bond acceptors (Lipinski definition) is 5. The highest BCUT2D eigenvalue weighted by molar-refractivity contribution is 9.10. The van der Waals surface area contributed by atoms with E-state index in [0.29, 0.717) is 12.0 Å². The summed E-state index contributed by atoms with van der Waals surface area (Å²) < 4.78 is 7.30. The highest BCUT2D eigenvalue weighted by Gasteiger charge is 2.41. The van der Waals surface area contributed by atoms with E-state index in [2.05, 4.69) is 46.3 Å². The van der Waals surface area contributed by atoms with Gasteiger partial charge in [0, 0.05) is 28.1 Å². The zero-order valence-corrected chi connectivity index (χ0v) is 20.0. The second-order valence-electron chi connectivity index (χ2n) is 8.33. The number of fused-ring (bicyclic) bond motifs is 4. The fourth-order valence-corrected chi connectivity index (χ4v) is 5.21. The summed E-state index contributed by atoms with van der Waals surface area (Å²) >= 11 is 9.63. The Morgan fingerprint density at radius 1 is 1.03 bits per heavy atom. The lowest BCUT2D eigenvalue weighted by atomic mass is 9.95. The maximum Gasteiger partial charge on any atom is 0.288 e. The highest BCUT2D eigenvalue weighted by atomic mass is 79.9. The monoisotopic (exact) mass is 533 g/mol. The number of nitro benzene ring substituents is 1. The third-order valence-corrected chi connectivity index (χ3v) is 7.10. The minimum Gasteiger partial charge on any atom is -0.464 e. The summed E-state index contributed by atoms with van der Waals surface area (Å²) in [6, 6.07) is 25.2. The highest BCUT2D eigenvalue weighted by Crippen LogP contribution is 2.48. The molecule has 2 aliphatic rings. The first-order chi connectivity index (χ1) is 16.5. The summed E-state index contributed by atoms with van der Waals surface area (Å²) in [6.45, 7) is 0. The van der Waals surface area contributed by atoms with Crippen molar-refractivity contribution in [1.29, 1.82) is 0 Å². The van der Waals surface area contributed by atoms with Crippen LogP contribution in [0.1, 0.15) is 35.4 Å². The zero-order chi connectivity index (χ0) is 23.4. The number of hydrazone groups is 1. The van der Waals surface area contributed by atoms with Crippen molar-refractivity contribution in [3.63, 3.8) is 0 Å². The molecule has 0 fully saturated rings. The zero-order valence-electron chi connectivity index (χ0n) is 17.7. The van der Waals surface area contributed by atoms with Crippen molar-refractivity contribution in [1.82, 2.24) is 5.01 Å². The molecule has 6 rings (SSSR count). The SMILES string of the molecule is O=[N+]([O-])c1cc([C@H]2Oc3ccc(Br)cc3[C@H]3CC(c4ccc5ccccc5c4)=NN32)ccc1Cl. The van der Waals surface area contributed by atoms with Gasteiger partial charge in [-0.3, -0.25) is 10.1 Å². The quantitative estimate of drug-likeness (QED) is 0.203. The van der Waals surface area contributed by atoms with E-state index in [4.69, 9.17) is 21.4 Å². The molecule has 4 aromatic carbocycles. The lowest BCUT2D eigenvalue weighted by Gasteiger charge is -2.38. The molecule has 0 radical (unpaired) electrons. The van der Waals surface area contributed by atoms with E-state index in [9.17, 15) is 10.1 Å². The van der Waals surface area contributed by atoms with E-state index in [1.807, 2.05) is 35.3 Å². The molecular weight excluding hydrogens is 518 g/mol. The van der Waals surface area contributed by atoms with Crippen LogP contribution in [0.4, 0.5) is 5.69 Å². The molecule has 0 bridgehead atoms. The summed E-state index contributed by atoms with van der Waals surface area (Å²) in [4.78, 5) is 11.0. The third-order valence-electron chi connectivity index (χ3n) is 6.29. The largest absolute Gasteiger partial charge is 0.464 e. The van der Waals surface area contributed by atoms with Crippen LogP contribution in [0.2, 0.25) is 5.02 Å². The van der Waals surface area contributed by atoms with Crippen molar-refractivity contribution in [2.45, 2.75) is 18.7 Å². The molecule has 0 aliphatic carbocycles. The van der Waals surface area contributed by atoms with Crippen molar-refractivity contribution in [3.05, 3.63) is 115 Å². The summed E-state index contributed by atoms with van der Waals surface area (Å²) in [5.74, 6) is 0.738. The van der Waals surface area contributed by atoms with Crippen molar-refractivity contribution < 1.29 is 9.66 Å². The Labute approximate surface area is 208 Å². The Morgan fingerprint density at radius 3 is 2.68 bits per heavy atom. The Hall–Kier alpha value is -3.42. The van der Waals surface area contributed by atoms with Crippen LogP contribution in [0.25, 0.3) is 10.8 Å². The summed E-state index contributed by atoms with van der Waals surface area (Å²) in [5, 5.41) is 20.8. The van der Waals surface area contributed by atoms with Gasteiger partial charge in [-0.2, -0.15) is 5.10 Å². The number of halogens is 2. The minimum absolute atomic E-state index is 0.0672. The van der Waals surface area contributed by atoms with Gasteiger partial charge < -0.3 is 4.74 Å². The van der Waals surface area contributed by atoms with Gasteiger partial charge in [0.2, 0.25) is 6.23 Å². The van der Waals surface area contributed by atoms with Crippen molar-refractivity contribution in [3.8, 4) is 5.75 Å². The maximum absolute atomic E-state index is 11.5. The maximum atomic E-state index is 11.5. The molecule has 2 aliphatic heterocycles. The molecule has 0 spiro atoms. The van der Waals surface area contributed by atoms with Gasteiger partial charge in [0.25, 0.3) is 5.69 Å². The van der Waals surface area contributed by atoms with Gasteiger partial charge in [-0.1, -0.05) is 70.0 Å². The van der Waals surface area contributed by atoms with Crippen molar-refractivity contribution >= 4 is 49.7 Å². The Kier molecular flexibility index (Phi) is 5.04. The minimum atomic E-state index is -0.618. The van der Waals surface area contributed by atoms with Crippen molar-refractivity contribution in [2.75, 3.05) is 0 Å². The lowest BCUT2D eigenvalue weighted by Crippen LogP contribution is -2.33. The summed E-state index contributed by atoms with van der Waals surface area (Å²) in [7, 11) is 0. The second-order valence-corrected chi connectivity index (χ2v) is 9.65. The van der Waals surface area contributed by atoms with Crippen LogP contribution in [0, 0.1) is 10.1 Å². The third kappa shape index (κ3) is 3.52. The summed E-state index contributed by atoms with van der Waals surface area (Å²) in [6.07, 6.45) is 0.0738. The molecule has 0 aromatic heterocycles. The number of nitro groups is 1. The molecule has 2 atom stereocenters. The van der Waals surface area contributed by atoms with Crippen molar-refractivity contribution in [2.24, 2.45) is 5.10 Å². The van der Waals surface area contributed by atoms with Gasteiger partial charge >= 0.3 is 0 Å². The molecule has 8 heteroatoms. The molecule has 34 heavy (non-hydrogen) atoms. The second kappa shape index (κ2) is 8.11. The number of hydrogen-bond donors (Lipinski definition) is 0. The van der Waals surface area contributed by atoms with Gasteiger partial charge in [0.1, 0.15) is 10.8 Å². The Balaban J connectivity index is 1.47. The standard InChI is InChI=1S/C26H17BrClN3O3/c27-19-8-10-25-20(13-19)23-14-22(17-6-5-15-3-1-2-4-16(15)11-17)29-30(23)26(34-25)18-7-9-21(28)24(12-18)31(32)33/h1-13,23,26H,14H2/t23-,26-/m1/s1. The lowest BCUT2D eigenvalue weighted by molar-refractivity contribution is -0.384. The molecule has 0 saturated heterocycles. The first-order valence-corrected chi connectivity index (χ1v) is 11.9. The fraction of sp³-hybridized carbons (Fsp3) is 0.115. The van der Waals surface area contributed by atoms with Crippen LogP contribution < -0.4 is 4.74 Å². The molecule has 6 nitrogen and oxygen atoms in total. The van der Waals surface area contributed by atoms with Crippen LogP contribution in [0.5, 0.6) is 5.75 Å². The van der Waals surface area contributed by atoms with Gasteiger partial charge in [-0.25, -0.2) is 5.01 Å². The van der Waals surface area contributed by atoms with Crippen LogP contribution in [-0.4, -0.2) is 15.6 Å². The van der Waals surface area contributed by atoms with E-state index in [1.165, 1.54) is 17.5 Å². The Morgan fingerprint density at radius 2 is 1.85 bits per heavy atom. The first-order valence-electron chi connectivity index (χ1n) is 10.7. The van der Waals surface area contributed by atoms with Crippen LogP contribution in [0.3, 0.4) is 0 Å². The average Bonchev–Trinajstić information content (AvgIpc) is 3.29. The molecule has 168 valence electrons. The Bertz CT molecular complexity index is 1510. The topological polar surface area (TPSA) is 68.0 Å². The molecule has 0 unspecified atom stereocenters. The predicted octanol–water partition coefficient (Wildman–Crippen LogP) is 7.41. The van der Waals surface area contributed by atoms with Crippen LogP contribution in [0.15, 0.2) is 88.4 Å². The van der Waals surface area contributed by atoms with Gasteiger partial charge in [0.15, 0.2) is 0 Å². The molecule has 0 amide bonds. The van der Waals surface area contributed by atoms with Gasteiger partial charge in [0.05, 0.1) is 16.7 Å². The van der Waals surface area contributed by atoms with Crippen LogP contribution >= 0.6 is 27.5 Å². The molecule has 4 aromatic rings. The number of benzene rings is 4. The van der Waals surface area contributed by atoms with Gasteiger partial charge in [-0.15, -0.1) is 0 Å². The predicted molar refractivity (Wildman–Crippen MR) is 135 cm³/mol. The smallest absolute Gasteiger partial charge is 0.288 e. The number of nitrogens with zero attached hydrogens (tertiary/aromatic N) is 3. The first kappa shape index (κ1) is 21.1. The average molecular weight is 535 g/mol. The van der Waals surface area contributed by atoms with E-state index in [0.717, 1.165) is 32.4 Å². The molecule has 0 N–H and O–H groups in total. The fourth-order valence-electron chi connectivity index (χ4n) is 4.64. The molecule has 2 heterocycles. The van der Waals surface area contributed by atoms with E-state index in [1.54, 1.807) is 6.07 Å². The summed E-state index contributed by atoms with van der Waals surface area (Å²) in [5.41, 5.74) is 3.48. The van der Waals surface area contributed by atoms with E-state index < -0.39 is 11.2 Å². The molecule has 0 saturated carbocycles. The number of rotatable bonds is 3. The normalized spacial score (nSPS) is 18.8. The molecular formula is C26H17BrClN3O3. The van der Waals surface area contributed by atoms with E-state index in [-0.39, 0.29) is 16.8 Å². The van der Waals surface area contributed by atoms with Crippen LogP contribution in [-0.2, 0) is 0 Å². The number of ether oxygens (including phenoxy) is 1. The van der Waals surface area contributed by atoms with Gasteiger partial charge in [-0.05, 0) is 46.7 Å². The van der Waals surface area contributed by atoms with E-state index >= 15 is 0 Å².